The van der Waals surface area contributed by atoms with E-state index < -0.39 is 0 Å². The van der Waals surface area contributed by atoms with E-state index in [0.717, 1.165) is 6.42 Å². The van der Waals surface area contributed by atoms with Gasteiger partial charge in [-0.2, -0.15) is 0 Å². The molecule has 9 heteroatoms. The topological polar surface area (TPSA) is 109 Å². The Balaban J connectivity index is 1.58. The second kappa shape index (κ2) is 7.28. The highest BCUT2D eigenvalue weighted by Gasteiger charge is 2.25. The van der Waals surface area contributed by atoms with Gasteiger partial charge in [0.25, 0.3) is 0 Å². The van der Waals surface area contributed by atoms with Crippen molar-refractivity contribution in [3.05, 3.63) is 22.6 Å². The number of aliphatic hydroxyl groups excluding tert-OH is 1. The Labute approximate surface area is 150 Å². The minimum Gasteiger partial charge on any atom is -0.396 e. The third-order valence-corrected chi connectivity index (χ3v) is 4.84. The van der Waals surface area contributed by atoms with Gasteiger partial charge in [-0.05, 0) is 18.6 Å². The van der Waals surface area contributed by atoms with E-state index in [1.165, 1.54) is 9.13 Å². The molecule has 0 saturated carbocycles. The van der Waals surface area contributed by atoms with Crippen LogP contribution in [0.3, 0.4) is 0 Å². The maximum absolute atomic E-state index is 12.1. The average Bonchev–Trinajstić information content (AvgIpc) is 3.20. The number of hydrogen-bond donors (Lipinski definition) is 2. The van der Waals surface area contributed by atoms with Crippen LogP contribution in [0.2, 0.25) is 0 Å². The van der Waals surface area contributed by atoms with Crippen LogP contribution in [0.25, 0.3) is 11.2 Å². The molecule has 2 amide bonds. The maximum Gasteiger partial charge on any atom is 0.329 e. The molecule has 0 aromatic carbocycles. The summed E-state index contributed by atoms with van der Waals surface area (Å²) in [6, 6.07) is 3.36. The SMILES string of the molecule is Cn1c(=O)n(C)c2nc(NC(=O)CCC(=O)N3CCC(CO)C3)ccc21. The van der Waals surface area contributed by atoms with Crippen molar-refractivity contribution in [3.63, 3.8) is 0 Å². The number of likely N-dealkylation sites (tertiary alicyclic amines) is 1. The molecule has 0 spiro atoms. The summed E-state index contributed by atoms with van der Waals surface area (Å²) in [7, 11) is 3.29. The number of anilines is 1. The van der Waals surface area contributed by atoms with E-state index in [2.05, 4.69) is 10.3 Å². The zero-order chi connectivity index (χ0) is 18.8. The Morgan fingerprint density at radius 2 is 2.04 bits per heavy atom. The molecule has 1 atom stereocenters. The largest absolute Gasteiger partial charge is 0.396 e. The first-order valence-corrected chi connectivity index (χ1v) is 8.61. The molecular weight excluding hydrogens is 338 g/mol. The molecule has 2 aromatic heterocycles. The zero-order valence-electron chi connectivity index (χ0n) is 14.9. The van der Waals surface area contributed by atoms with Crippen molar-refractivity contribution in [1.82, 2.24) is 19.0 Å². The fraction of sp³-hybridized carbons (Fsp3) is 0.529. The van der Waals surface area contributed by atoms with Crippen molar-refractivity contribution in [2.75, 3.05) is 25.0 Å². The molecule has 3 heterocycles. The predicted octanol–water partition coefficient (Wildman–Crippen LogP) is -0.169. The third-order valence-electron chi connectivity index (χ3n) is 4.84. The molecule has 1 unspecified atom stereocenters. The molecule has 2 aromatic rings. The summed E-state index contributed by atoms with van der Waals surface area (Å²) in [4.78, 5) is 42.2. The molecule has 1 fully saturated rings. The van der Waals surface area contributed by atoms with E-state index in [1.54, 1.807) is 31.1 Å². The van der Waals surface area contributed by atoms with Gasteiger partial charge in [-0.3, -0.25) is 18.7 Å². The van der Waals surface area contributed by atoms with Gasteiger partial charge in [-0.1, -0.05) is 0 Å². The monoisotopic (exact) mass is 361 g/mol. The molecule has 1 aliphatic rings. The number of nitrogens with zero attached hydrogens (tertiary/aromatic N) is 4. The highest BCUT2D eigenvalue weighted by Crippen LogP contribution is 2.17. The van der Waals surface area contributed by atoms with Crippen LogP contribution >= 0.6 is 0 Å². The lowest BCUT2D eigenvalue weighted by molar-refractivity contribution is -0.132. The van der Waals surface area contributed by atoms with Crippen molar-refractivity contribution in [1.29, 1.82) is 0 Å². The zero-order valence-corrected chi connectivity index (χ0v) is 14.9. The first-order valence-electron chi connectivity index (χ1n) is 8.61. The minimum atomic E-state index is -0.302. The van der Waals surface area contributed by atoms with Crippen LogP contribution in [0.5, 0.6) is 0 Å². The number of aromatic nitrogens is 3. The fourth-order valence-electron chi connectivity index (χ4n) is 3.23. The Morgan fingerprint density at radius 3 is 2.73 bits per heavy atom. The van der Waals surface area contributed by atoms with Gasteiger partial charge < -0.3 is 15.3 Å². The lowest BCUT2D eigenvalue weighted by Crippen LogP contribution is -2.30. The summed E-state index contributed by atoms with van der Waals surface area (Å²) in [5, 5.41) is 11.8. The number of aliphatic hydroxyl groups is 1. The van der Waals surface area contributed by atoms with Gasteiger partial charge in [0.05, 0.1) is 5.52 Å². The molecule has 0 bridgehead atoms. The van der Waals surface area contributed by atoms with Crippen LogP contribution in [0, 0.1) is 5.92 Å². The number of rotatable bonds is 5. The number of carbonyl (C=O) groups excluding carboxylic acids is 2. The Kier molecular flexibility index (Phi) is 5.08. The molecule has 140 valence electrons. The summed E-state index contributed by atoms with van der Waals surface area (Å²) >= 11 is 0. The molecule has 0 aliphatic carbocycles. The Morgan fingerprint density at radius 1 is 1.27 bits per heavy atom. The lowest BCUT2D eigenvalue weighted by Gasteiger charge is -2.15. The lowest BCUT2D eigenvalue weighted by atomic mass is 10.1. The smallest absolute Gasteiger partial charge is 0.329 e. The first kappa shape index (κ1) is 18.1. The third kappa shape index (κ3) is 3.48. The number of hydrogen-bond acceptors (Lipinski definition) is 5. The van der Waals surface area contributed by atoms with Crippen LogP contribution in [-0.2, 0) is 23.7 Å². The van der Waals surface area contributed by atoms with E-state index in [9.17, 15) is 14.4 Å². The van der Waals surface area contributed by atoms with Crippen LogP contribution in [0.1, 0.15) is 19.3 Å². The molecule has 3 rings (SSSR count). The van der Waals surface area contributed by atoms with Crippen LogP contribution in [0.15, 0.2) is 16.9 Å². The average molecular weight is 361 g/mol. The molecule has 2 N–H and O–H groups in total. The molecule has 26 heavy (non-hydrogen) atoms. The van der Waals surface area contributed by atoms with Gasteiger partial charge in [0.1, 0.15) is 5.82 Å². The van der Waals surface area contributed by atoms with E-state index in [-0.39, 0.29) is 42.9 Å². The number of imidazole rings is 1. The van der Waals surface area contributed by atoms with Gasteiger partial charge in [0, 0.05) is 52.6 Å². The summed E-state index contributed by atoms with van der Waals surface area (Å²) in [5.41, 5.74) is 0.977. The second-order valence-electron chi connectivity index (χ2n) is 6.67. The Bertz CT molecular complexity index is 900. The van der Waals surface area contributed by atoms with Gasteiger partial charge >= 0.3 is 5.69 Å². The highest BCUT2D eigenvalue weighted by molar-refractivity contribution is 5.93. The number of nitrogens with one attached hydrogen (secondary N) is 1. The molecule has 0 radical (unpaired) electrons. The standard InChI is InChI=1S/C17H23N5O4/c1-20-12-3-4-13(19-16(12)21(2)17(20)26)18-14(24)5-6-15(25)22-8-7-11(9-22)10-23/h3-4,11,23H,5-10H2,1-2H3,(H,18,19,24). The van der Waals surface area contributed by atoms with Crippen molar-refractivity contribution >= 4 is 28.8 Å². The summed E-state index contributed by atoms with van der Waals surface area (Å²) < 4.78 is 2.90. The molecular formula is C17H23N5O4. The highest BCUT2D eigenvalue weighted by atomic mass is 16.3. The van der Waals surface area contributed by atoms with Crippen LogP contribution < -0.4 is 11.0 Å². The molecule has 9 nitrogen and oxygen atoms in total. The summed E-state index contributed by atoms with van der Waals surface area (Å²) in [5.74, 6) is 0.105. The number of carbonyl (C=O) groups is 2. The normalized spacial score (nSPS) is 17.0. The van der Waals surface area contributed by atoms with Crippen molar-refractivity contribution in [2.45, 2.75) is 19.3 Å². The van der Waals surface area contributed by atoms with Crippen molar-refractivity contribution < 1.29 is 14.7 Å². The Hall–Kier alpha value is -2.68. The quantitative estimate of drug-likeness (QED) is 0.769. The predicted molar refractivity (Wildman–Crippen MR) is 95.6 cm³/mol. The fourth-order valence-corrected chi connectivity index (χ4v) is 3.23. The van der Waals surface area contributed by atoms with Gasteiger partial charge in [0.15, 0.2) is 5.65 Å². The van der Waals surface area contributed by atoms with E-state index in [4.69, 9.17) is 5.11 Å². The van der Waals surface area contributed by atoms with E-state index in [0.29, 0.717) is 30.1 Å². The summed E-state index contributed by atoms with van der Waals surface area (Å²) in [6.07, 6.45) is 0.983. The first-order chi connectivity index (χ1) is 12.4. The van der Waals surface area contributed by atoms with E-state index >= 15 is 0 Å². The van der Waals surface area contributed by atoms with Crippen LogP contribution in [-0.4, -0.2) is 55.6 Å². The van der Waals surface area contributed by atoms with E-state index in [1.807, 2.05) is 0 Å². The number of amides is 2. The number of aryl methyl sites for hydroxylation is 2. The van der Waals surface area contributed by atoms with Crippen molar-refractivity contribution in [2.24, 2.45) is 20.0 Å². The second-order valence-corrected chi connectivity index (χ2v) is 6.67. The van der Waals surface area contributed by atoms with Gasteiger partial charge in [-0.25, -0.2) is 9.78 Å². The summed E-state index contributed by atoms with van der Waals surface area (Å²) in [6.45, 7) is 1.27. The van der Waals surface area contributed by atoms with Gasteiger partial charge in [0.2, 0.25) is 11.8 Å². The number of fused-ring (bicyclic) bond motifs is 1. The maximum atomic E-state index is 12.1. The number of pyridine rings is 1. The van der Waals surface area contributed by atoms with Gasteiger partial charge in [-0.15, -0.1) is 0 Å². The molecule has 1 saturated heterocycles. The van der Waals surface area contributed by atoms with Crippen molar-refractivity contribution in [3.8, 4) is 0 Å². The minimum absolute atomic E-state index is 0.0621. The molecule has 1 aliphatic heterocycles. The van der Waals surface area contributed by atoms with Crippen LogP contribution in [0.4, 0.5) is 5.82 Å².